The van der Waals surface area contributed by atoms with Gasteiger partial charge >= 0.3 is 118 Å². The van der Waals surface area contributed by atoms with Crippen molar-refractivity contribution in [2.45, 2.75) is 19.6 Å². The van der Waals surface area contributed by atoms with Crippen molar-refractivity contribution in [3.63, 3.8) is 0 Å². The van der Waals surface area contributed by atoms with Gasteiger partial charge in [-0.25, -0.2) is 33.7 Å². The molecule has 6 aromatic rings. The zero-order valence-corrected chi connectivity index (χ0v) is 48.4. The monoisotopic (exact) mass is 1080 g/mol. The first-order valence-corrected chi connectivity index (χ1v) is 24.0. The van der Waals surface area contributed by atoms with Gasteiger partial charge in [0.15, 0.2) is 0 Å². The third-order valence-electron chi connectivity index (χ3n) is 8.34. The van der Waals surface area contributed by atoms with Gasteiger partial charge in [-0.2, -0.15) is 29.9 Å². The van der Waals surface area contributed by atoms with Gasteiger partial charge in [0.1, 0.15) is 40.5 Å². The van der Waals surface area contributed by atoms with Crippen molar-refractivity contribution in [1.82, 2.24) is 29.9 Å². The first-order valence-electron chi connectivity index (χ1n) is 18.4. The van der Waals surface area contributed by atoms with Gasteiger partial charge < -0.3 is 60.3 Å². The zero-order chi connectivity index (χ0) is 47.9. The number of aliphatic hydroxyl groups is 2. The maximum absolute atomic E-state index is 12.5. The van der Waals surface area contributed by atoms with Gasteiger partial charge in [0, 0.05) is 35.8 Å². The number of nitrogens with zero attached hydrogens (tertiary/aromatic N) is 6. The van der Waals surface area contributed by atoms with Crippen LogP contribution in [0, 0.1) is 0 Å². The van der Waals surface area contributed by atoms with Gasteiger partial charge in [-0.15, -0.1) is 0 Å². The van der Waals surface area contributed by atoms with E-state index in [1.807, 2.05) is 0 Å². The number of aliphatic hydroxyl groups excluding tert-OH is 2. The molecule has 0 saturated heterocycles. The Bertz CT molecular complexity index is 3080. The summed E-state index contributed by atoms with van der Waals surface area (Å²) in [6.07, 6.45) is 2.14. The summed E-state index contributed by atoms with van der Waals surface area (Å²) in [6, 6.07) is 16.4. The number of hydrogen-bond acceptors (Lipinski definition) is 26. The fraction of sp³-hybridized carbons (Fsp3) is 0.111. The molecule has 34 heteroatoms. The minimum absolute atomic E-state index is 0. The fourth-order valence-electron chi connectivity index (χ4n) is 5.56. The number of rotatable bonds is 20. The summed E-state index contributed by atoms with van der Waals surface area (Å²) in [6.45, 7) is -0.722. The number of anilines is 10. The largest absolute Gasteiger partial charge is 1.00 e. The van der Waals surface area contributed by atoms with Crippen LogP contribution in [-0.2, 0) is 40.5 Å². The van der Waals surface area contributed by atoms with Crippen molar-refractivity contribution in [1.29, 1.82) is 0 Å². The number of nitrogens with one attached hydrogen (secondary N) is 6. The van der Waals surface area contributed by atoms with E-state index in [4.69, 9.17) is 0 Å². The van der Waals surface area contributed by atoms with E-state index in [0.29, 0.717) is 0 Å². The van der Waals surface area contributed by atoms with Crippen LogP contribution >= 0.6 is 0 Å². The van der Waals surface area contributed by atoms with Crippen LogP contribution in [0.3, 0.4) is 0 Å². The van der Waals surface area contributed by atoms with Gasteiger partial charge in [0.25, 0.3) is 0 Å². The Balaban J connectivity index is 0.00000420. The van der Waals surface area contributed by atoms with Crippen LogP contribution in [-0.4, -0.2) is 118 Å². The predicted octanol–water partition coefficient (Wildman–Crippen LogP) is -10.4. The molecule has 0 unspecified atom stereocenters. The Morgan fingerprint density at radius 1 is 0.414 bits per heavy atom. The van der Waals surface area contributed by atoms with E-state index in [0.717, 1.165) is 48.6 Å². The second kappa shape index (κ2) is 27.3. The summed E-state index contributed by atoms with van der Waals surface area (Å²) < 4.78 is 144. The molecule has 8 N–H and O–H groups in total. The van der Waals surface area contributed by atoms with Crippen LogP contribution in [0.25, 0.3) is 12.2 Å². The van der Waals surface area contributed by atoms with E-state index in [1.54, 1.807) is 0 Å². The third-order valence-corrected chi connectivity index (χ3v) is 11.8. The smallest absolute Gasteiger partial charge is 0.744 e. The van der Waals surface area contributed by atoms with Gasteiger partial charge in [-0.1, -0.05) is 36.4 Å². The van der Waals surface area contributed by atoms with E-state index in [2.05, 4.69) is 61.8 Å². The van der Waals surface area contributed by atoms with Crippen molar-refractivity contribution < 1.29 is 180 Å². The average molecular weight is 1080 g/mol. The number of benzene rings is 4. The van der Waals surface area contributed by atoms with Crippen LogP contribution in [0.2, 0.25) is 0 Å². The summed E-state index contributed by atoms with van der Waals surface area (Å²) >= 11 is 0. The SMILES string of the molecule is O=S(=O)([O-])c1cccc(Nc2nc(NCCO)nc(Nc3ccc(/C=C/c4ccc(Nc5nc(NCCO)nc(Nc6cccc(S(=O)(=O)[O-])c6)n5)cc4S(=O)(=O)[O-])c(S(=O)(=O)[O-])c3)n2)c1.[Na+].[Na+].[Na+].[Na+]. The Hall–Kier alpha value is -3.00. The molecule has 0 spiro atoms. The maximum atomic E-state index is 12.5. The molecular formula is C36H32N12Na4O14S4. The molecule has 26 nitrogen and oxygen atoms in total. The molecular weight excluding hydrogens is 1040 g/mol. The Kier molecular flexibility index (Phi) is 24.6. The van der Waals surface area contributed by atoms with Crippen LogP contribution in [0.4, 0.5) is 58.4 Å². The quantitative estimate of drug-likeness (QED) is 0.0200. The Labute approximate surface area is 489 Å². The minimum Gasteiger partial charge on any atom is -0.744 e. The molecule has 6 rings (SSSR count). The summed E-state index contributed by atoms with van der Waals surface area (Å²) in [5.41, 5.74) is -0.420. The fourth-order valence-corrected chi connectivity index (χ4v) is 7.98. The van der Waals surface area contributed by atoms with Crippen molar-refractivity contribution in [2.75, 3.05) is 58.2 Å². The minimum atomic E-state index is -5.25. The molecule has 2 heterocycles. The molecule has 0 fully saturated rings. The summed E-state index contributed by atoms with van der Waals surface area (Å²) in [5.74, 6) is -1.14. The van der Waals surface area contributed by atoms with Crippen molar-refractivity contribution in [3.05, 3.63) is 96.1 Å². The van der Waals surface area contributed by atoms with Gasteiger partial charge in [0.2, 0.25) is 35.7 Å². The van der Waals surface area contributed by atoms with Crippen molar-refractivity contribution in [2.24, 2.45) is 0 Å². The number of hydrogen-bond donors (Lipinski definition) is 8. The zero-order valence-electron chi connectivity index (χ0n) is 37.2. The van der Waals surface area contributed by atoms with E-state index in [1.165, 1.54) is 48.5 Å². The second-order valence-electron chi connectivity index (χ2n) is 13.1. The van der Waals surface area contributed by atoms with E-state index in [9.17, 15) is 62.1 Å². The summed E-state index contributed by atoms with van der Waals surface area (Å²) in [4.78, 5) is 22.2. The van der Waals surface area contributed by atoms with Crippen LogP contribution < -0.4 is 150 Å². The third kappa shape index (κ3) is 18.5. The molecule has 0 amide bonds. The van der Waals surface area contributed by atoms with E-state index < -0.39 is 60.1 Å². The second-order valence-corrected chi connectivity index (χ2v) is 18.6. The molecule has 0 aliphatic heterocycles. The summed E-state index contributed by atoms with van der Waals surface area (Å²) in [7, 11) is -20.1. The topological polar surface area (TPSA) is 419 Å². The van der Waals surface area contributed by atoms with Crippen LogP contribution in [0.15, 0.2) is 105 Å². The molecule has 348 valence electrons. The summed E-state index contributed by atoms with van der Waals surface area (Å²) in [5, 5.41) is 34.8. The van der Waals surface area contributed by atoms with Gasteiger partial charge in [-0.05, 0) is 71.8 Å². The molecule has 0 atom stereocenters. The standard InChI is InChI=1S/C36H36N12O14S4.4Na/c49-15-13-37-31-43-33(39-23-3-1-5-27(17-23)63(51,52)53)47-35(45-31)41-25-11-9-21(29(19-25)65(57,58)59)7-8-22-10-12-26(20-30(22)66(60,61)62)42-36-46-32(38-14-16-50)44-34(48-36)40-24-4-2-6-28(18-24)64(54,55)56;;;;/h1-12,17-20,49-50H,13-16H2,(H,51,52,53)(H,54,55,56)(H,57,58,59)(H,60,61,62)(H3,37,39,41,43,45,47)(H3,38,40,42,44,46,48);;;;/q;4*+1/p-4/b8-7+;;;;. The molecule has 4 aromatic carbocycles. The Morgan fingerprint density at radius 2 is 0.714 bits per heavy atom. The Morgan fingerprint density at radius 3 is 1.00 bits per heavy atom. The van der Waals surface area contributed by atoms with E-state index in [-0.39, 0.29) is 214 Å². The van der Waals surface area contributed by atoms with Crippen LogP contribution in [0.5, 0.6) is 0 Å². The molecule has 0 saturated carbocycles. The van der Waals surface area contributed by atoms with Crippen molar-refractivity contribution in [3.8, 4) is 0 Å². The van der Waals surface area contributed by atoms with Crippen LogP contribution in [0.1, 0.15) is 11.1 Å². The first kappa shape index (κ1) is 63.1. The van der Waals surface area contributed by atoms with Crippen molar-refractivity contribution >= 4 is 111 Å². The normalized spacial score (nSPS) is 11.5. The molecule has 0 aliphatic carbocycles. The first-order chi connectivity index (χ1) is 31.1. The average Bonchev–Trinajstić information content (AvgIpc) is 3.23. The molecule has 0 aliphatic rings. The van der Waals surface area contributed by atoms with Gasteiger partial charge in [0.05, 0.1) is 32.8 Å². The predicted molar refractivity (Wildman–Crippen MR) is 230 cm³/mol. The van der Waals surface area contributed by atoms with E-state index >= 15 is 0 Å². The maximum Gasteiger partial charge on any atom is 1.00 e. The molecule has 2 aromatic heterocycles. The molecule has 70 heavy (non-hydrogen) atoms. The molecule has 0 bridgehead atoms. The number of aromatic nitrogens is 6. The van der Waals surface area contributed by atoms with Gasteiger partial charge in [-0.3, -0.25) is 0 Å². The molecule has 0 radical (unpaired) electrons.